The number of alkyl halides is 3. The van der Waals surface area contributed by atoms with Crippen molar-refractivity contribution in [1.82, 2.24) is 4.98 Å². The first-order chi connectivity index (χ1) is 7.37. The third-order valence-electron chi connectivity index (χ3n) is 1.55. The highest BCUT2D eigenvalue weighted by Gasteiger charge is 2.34. The summed E-state index contributed by atoms with van der Waals surface area (Å²) in [5, 5.41) is 0. The molecule has 0 aliphatic rings. The van der Waals surface area contributed by atoms with Crippen molar-refractivity contribution >= 4 is 6.29 Å². The molecule has 1 rings (SSSR count). The van der Waals surface area contributed by atoms with E-state index in [0.717, 1.165) is 0 Å². The average Bonchev–Trinajstić information content (AvgIpc) is 2.19. The highest BCUT2D eigenvalue weighted by molar-refractivity contribution is 5.72. The van der Waals surface area contributed by atoms with Crippen molar-refractivity contribution in [1.29, 1.82) is 0 Å². The number of nitrogens with two attached hydrogens (primary N) is 1. The molecular weight excluding hydrogens is 232 g/mol. The minimum Gasteiger partial charge on any atom is -0.401 e. The fourth-order valence-electron chi connectivity index (χ4n) is 0.994. The minimum absolute atomic E-state index is 0.194. The molecule has 0 bridgehead atoms. The van der Waals surface area contributed by atoms with Crippen molar-refractivity contribution in [3.8, 4) is 5.75 Å². The molecule has 16 heavy (non-hydrogen) atoms. The van der Waals surface area contributed by atoms with Crippen LogP contribution in [0.1, 0.15) is 16.2 Å². The van der Waals surface area contributed by atoms with Crippen LogP contribution in [-0.4, -0.2) is 17.6 Å². The lowest BCUT2D eigenvalue weighted by molar-refractivity contribution is -0.276. The Morgan fingerprint density at radius 3 is 2.56 bits per heavy atom. The number of carbonyl (C=O) groups is 1. The van der Waals surface area contributed by atoms with Gasteiger partial charge in [-0.2, -0.15) is 0 Å². The summed E-state index contributed by atoms with van der Waals surface area (Å²) in [6.45, 7) is -0.482. The van der Waals surface area contributed by atoms with Crippen molar-refractivity contribution in [2.45, 2.75) is 12.9 Å². The second kappa shape index (κ2) is 4.44. The number of pyridine rings is 1. The maximum Gasteiger partial charge on any atom is 0.573 e. The zero-order valence-electron chi connectivity index (χ0n) is 7.71. The van der Waals surface area contributed by atoms with Crippen molar-refractivity contribution in [2.75, 3.05) is 0 Å². The molecule has 4 nitrogen and oxygen atoms in total. The van der Waals surface area contributed by atoms with E-state index in [0.29, 0.717) is 6.07 Å². The highest BCUT2D eigenvalue weighted by atomic mass is 19.4. The lowest BCUT2D eigenvalue weighted by Crippen LogP contribution is -2.20. The van der Waals surface area contributed by atoms with E-state index in [-0.39, 0.29) is 12.0 Å². The van der Waals surface area contributed by atoms with Crippen LogP contribution in [0.3, 0.4) is 0 Å². The molecule has 1 aromatic rings. The summed E-state index contributed by atoms with van der Waals surface area (Å²) in [6, 6.07) is 0.535. The standard InChI is InChI=1S/C8H6F4N2O2/c9-5-1-4(3-15)14-6(2-13)7(5)16-8(10,11)12/h1,3H,2,13H2. The first-order valence-corrected chi connectivity index (χ1v) is 3.97. The van der Waals surface area contributed by atoms with Gasteiger partial charge in [-0.1, -0.05) is 0 Å². The topological polar surface area (TPSA) is 65.2 Å². The van der Waals surface area contributed by atoms with Gasteiger partial charge in [-0.25, -0.2) is 9.37 Å². The number of carbonyl (C=O) groups excluding carboxylic acids is 1. The molecule has 2 N–H and O–H groups in total. The molecule has 0 fully saturated rings. The van der Waals surface area contributed by atoms with Crippen molar-refractivity contribution in [3.05, 3.63) is 23.3 Å². The Morgan fingerprint density at radius 1 is 1.50 bits per heavy atom. The van der Waals surface area contributed by atoms with Crippen molar-refractivity contribution in [3.63, 3.8) is 0 Å². The predicted molar refractivity (Wildman–Crippen MR) is 44.2 cm³/mol. The van der Waals surface area contributed by atoms with Gasteiger partial charge in [0.1, 0.15) is 11.4 Å². The third kappa shape index (κ3) is 2.89. The third-order valence-corrected chi connectivity index (χ3v) is 1.55. The van der Waals surface area contributed by atoms with Gasteiger partial charge in [-0.15, -0.1) is 13.2 Å². The smallest absolute Gasteiger partial charge is 0.401 e. The van der Waals surface area contributed by atoms with Gasteiger partial charge < -0.3 is 10.5 Å². The van der Waals surface area contributed by atoms with Gasteiger partial charge in [0, 0.05) is 12.6 Å². The summed E-state index contributed by atoms with van der Waals surface area (Å²) in [7, 11) is 0. The van der Waals surface area contributed by atoms with Crippen LogP contribution in [0.15, 0.2) is 6.07 Å². The fraction of sp³-hybridized carbons (Fsp3) is 0.250. The van der Waals surface area contributed by atoms with E-state index in [1.807, 2.05) is 0 Å². The Bertz CT molecular complexity index is 406. The van der Waals surface area contributed by atoms with Crippen molar-refractivity contribution < 1.29 is 27.1 Å². The highest BCUT2D eigenvalue weighted by Crippen LogP contribution is 2.28. The predicted octanol–water partition coefficient (Wildman–Crippen LogP) is 1.39. The molecule has 0 aromatic carbocycles. The van der Waals surface area contributed by atoms with Crippen LogP contribution >= 0.6 is 0 Å². The van der Waals surface area contributed by atoms with E-state index < -0.39 is 30.2 Å². The van der Waals surface area contributed by atoms with E-state index in [1.54, 1.807) is 0 Å². The number of hydrogen-bond donors (Lipinski definition) is 1. The van der Waals surface area contributed by atoms with Gasteiger partial charge in [0.2, 0.25) is 0 Å². The number of nitrogens with zero attached hydrogens (tertiary/aromatic N) is 1. The SMILES string of the molecule is NCc1nc(C=O)cc(F)c1OC(F)(F)F. The van der Waals surface area contributed by atoms with Crippen LogP contribution in [0, 0.1) is 5.82 Å². The summed E-state index contributed by atoms with van der Waals surface area (Å²) in [6.07, 6.45) is -4.85. The molecule has 88 valence electrons. The van der Waals surface area contributed by atoms with Gasteiger partial charge in [0.25, 0.3) is 0 Å². The zero-order chi connectivity index (χ0) is 12.3. The second-order valence-corrected chi connectivity index (χ2v) is 2.67. The second-order valence-electron chi connectivity index (χ2n) is 2.67. The number of rotatable bonds is 3. The van der Waals surface area contributed by atoms with Crippen molar-refractivity contribution in [2.24, 2.45) is 5.73 Å². The first-order valence-electron chi connectivity index (χ1n) is 3.97. The maximum atomic E-state index is 13.1. The monoisotopic (exact) mass is 238 g/mol. The molecule has 0 radical (unpaired) electrons. The molecule has 1 aromatic heterocycles. The molecule has 0 unspecified atom stereocenters. The van der Waals surface area contributed by atoms with Crippen LogP contribution in [0.2, 0.25) is 0 Å². The molecule has 0 saturated heterocycles. The quantitative estimate of drug-likeness (QED) is 0.638. The van der Waals surface area contributed by atoms with Gasteiger partial charge in [0.15, 0.2) is 17.9 Å². The lowest BCUT2D eigenvalue weighted by atomic mass is 10.2. The Kier molecular flexibility index (Phi) is 3.43. The number of ether oxygens (including phenoxy) is 1. The van der Waals surface area contributed by atoms with Crippen LogP contribution < -0.4 is 10.5 Å². The minimum atomic E-state index is -5.05. The largest absolute Gasteiger partial charge is 0.573 e. The average molecular weight is 238 g/mol. The van der Waals surface area contributed by atoms with E-state index in [1.165, 1.54) is 0 Å². The number of hydrogen-bond acceptors (Lipinski definition) is 4. The van der Waals surface area contributed by atoms with Crippen LogP contribution in [0.25, 0.3) is 0 Å². The Hall–Kier alpha value is -1.70. The molecule has 0 atom stereocenters. The maximum absolute atomic E-state index is 13.1. The van der Waals surface area contributed by atoms with Gasteiger partial charge >= 0.3 is 6.36 Å². The van der Waals surface area contributed by atoms with Crippen LogP contribution in [0.5, 0.6) is 5.75 Å². The summed E-state index contributed by atoms with van der Waals surface area (Å²) >= 11 is 0. The van der Waals surface area contributed by atoms with E-state index in [4.69, 9.17) is 5.73 Å². The molecule has 0 saturated carbocycles. The number of aromatic nitrogens is 1. The summed E-state index contributed by atoms with van der Waals surface area (Å²) in [5.74, 6) is -2.45. The molecular formula is C8H6F4N2O2. The number of aldehydes is 1. The van der Waals surface area contributed by atoms with Gasteiger partial charge in [-0.3, -0.25) is 4.79 Å². The van der Waals surface area contributed by atoms with E-state index in [9.17, 15) is 22.4 Å². The zero-order valence-corrected chi connectivity index (χ0v) is 7.71. The molecule has 8 heteroatoms. The Labute approximate surface area is 87.0 Å². The van der Waals surface area contributed by atoms with Crippen LogP contribution in [0.4, 0.5) is 17.6 Å². The van der Waals surface area contributed by atoms with Gasteiger partial charge in [-0.05, 0) is 0 Å². The van der Waals surface area contributed by atoms with Crippen LogP contribution in [-0.2, 0) is 6.54 Å². The fourth-order valence-corrected chi connectivity index (χ4v) is 0.994. The summed E-state index contributed by atoms with van der Waals surface area (Å²) < 4.78 is 52.2. The lowest BCUT2D eigenvalue weighted by Gasteiger charge is -2.12. The summed E-state index contributed by atoms with van der Waals surface area (Å²) in [4.78, 5) is 13.7. The Morgan fingerprint density at radius 2 is 2.12 bits per heavy atom. The van der Waals surface area contributed by atoms with Gasteiger partial charge in [0.05, 0.1) is 0 Å². The van der Waals surface area contributed by atoms with E-state index >= 15 is 0 Å². The number of halogens is 4. The summed E-state index contributed by atoms with van der Waals surface area (Å²) in [5.41, 5.74) is 4.24. The first kappa shape index (κ1) is 12.4. The molecule has 1 heterocycles. The Balaban J connectivity index is 3.21. The molecule has 0 aliphatic heterocycles. The molecule has 0 aliphatic carbocycles. The van der Waals surface area contributed by atoms with E-state index in [2.05, 4.69) is 9.72 Å². The molecule has 0 spiro atoms. The normalized spacial score (nSPS) is 11.3. The molecule has 0 amide bonds.